The predicted octanol–water partition coefficient (Wildman–Crippen LogP) is -4.77. The molecule has 1 aliphatic heterocycles. The first-order valence-corrected chi connectivity index (χ1v) is 2.73. The summed E-state index contributed by atoms with van der Waals surface area (Å²) in [6.45, 7) is 9.44. The number of ether oxygens (including phenoxy) is 1. The van der Waals surface area contributed by atoms with Crippen molar-refractivity contribution in [2.24, 2.45) is 5.92 Å². The predicted molar refractivity (Wildman–Crippen MR) is 36.7 cm³/mol. The van der Waals surface area contributed by atoms with Gasteiger partial charge in [0.1, 0.15) is 0 Å². The van der Waals surface area contributed by atoms with Gasteiger partial charge in [0.05, 0.1) is 5.76 Å². The minimum atomic E-state index is 0. The van der Waals surface area contributed by atoms with Gasteiger partial charge in [0, 0.05) is 0 Å². The van der Waals surface area contributed by atoms with Gasteiger partial charge in [-0.05, 0) is 0 Å². The number of hydrogen-bond donors (Lipinski definition) is 0. The average Bonchev–Trinajstić information content (AvgIpc) is 1.85. The summed E-state index contributed by atoms with van der Waals surface area (Å²) in [7, 11) is 0. The van der Waals surface area contributed by atoms with Crippen LogP contribution in [0.25, 0.3) is 0 Å². The maximum atomic E-state index is 5.11. The Kier molecular flexibility index (Phi) is 24.6. The zero-order chi connectivity index (χ0) is 6.15. The molecule has 0 aliphatic carbocycles. The summed E-state index contributed by atoms with van der Waals surface area (Å²) >= 11 is 0. The van der Waals surface area contributed by atoms with Crippen molar-refractivity contribution in [3.63, 3.8) is 0 Å². The van der Waals surface area contributed by atoms with E-state index in [-0.39, 0.29) is 133 Å². The van der Waals surface area contributed by atoms with Crippen LogP contribution in [0.15, 0.2) is 12.3 Å². The van der Waals surface area contributed by atoms with E-state index in [0.29, 0.717) is 5.92 Å². The van der Waals surface area contributed by atoms with Crippen LogP contribution in [0.2, 0.25) is 0 Å². The van der Waals surface area contributed by atoms with E-state index in [9.17, 15) is 0 Å². The molecule has 0 bridgehead atoms. The van der Waals surface area contributed by atoms with Crippen molar-refractivity contribution in [3.05, 3.63) is 25.7 Å². The molecule has 3 nitrogen and oxygen atoms in total. The molecule has 5 heteroatoms. The van der Waals surface area contributed by atoms with E-state index < -0.39 is 0 Å². The van der Waals surface area contributed by atoms with Crippen LogP contribution in [-0.4, -0.2) is 17.1 Å². The van der Waals surface area contributed by atoms with Crippen LogP contribution < -0.4 is 116 Å². The second-order valence-corrected chi connectivity index (χ2v) is 2.10. The summed E-state index contributed by atoms with van der Waals surface area (Å²) in [6.07, 6.45) is 2.06. The largest absolute Gasteiger partial charge is 1.00 e. The fourth-order valence-electron chi connectivity index (χ4n) is 0.770. The summed E-state index contributed by atoms with van der Waals surface area (Å²) in [6, 6.07) is 0. The summed E-state index contributed by atoms with van der Waals surface area (Å²) in [5.74, 6) is 1.22. The van der Waals surface area contributed by atoms with Crippen molar-refractivity contribution >= 4 is 0 Å². The Morgan fingerprint density at radius 3 is 1.92 bits per heavy atom. The molecule has 2 N–H and O–H groups in total. The zero-order valence-corrected chi connectivity index (χ0v) is 17.8. The van der Waals surface area contributed by atoms with Crippen LogP contribution in [0, 0.1) is 19.3 Å². The van der Waals surface area contributed by atoms with Crippen molar-refractivity contribution in [1.29, 1.82) is 0 Å². The van der Waals surface area contributed by atoms with E-state index in [2.05, 4.69) is 13.5 Å². The van der Waals surface area contributed by atoms with Crippen LogP contribution in [0.4, 0.5) is 0 Å². The van der Waals surface area contributed by atoms with Crippen molar-refractivity contribution in [2.75, 3.05) is 0 Å². The Morgan fingerprint density at radius 2 is 1.83 bits per heavy atom. The number of hydrogen-bond acceptors (Lipinski definition) is 3. The molecule has 2 atom stereocenters. The first-order chi connectivity index (χ1) is 3.70. The molecule has 0 aromatic carbocycles. The number of rotatable bonds is 0. The molecule has 0 unspecified atom stereocenters. The monoisotopic (exact) mass is 314 g/mol. The first-order valence-electron chi connectivity index (χ1n) is 2.73. The summed E-state index contributed by atoms with van der Waals surface area (Å²) in [4.78, 5) is 0. The van der Waals surface area contributed by atoms with Gasteiger partial charge < -0.3 is 29.0 Å². The molecule has 1 heterocycles. The molecule has 0 radical (unpaired) electrons. The zero-order valence-electron chi connectivity index (χ0n) is 7.95. The van der Waals surface area contributed by atoms with E-state index >= 15 is 0 Å². The molecule has 1 fully saturated rings. The maximum Gasteiger partial charge on any atom is 1.00 e. The van der Waals surface area contributed by atoms with Gasteiger partial charge in [0.25, 0.3) is 0 Å². The second-order valence-electron chi connectivity index (χ2n) is 2.10. The first kappa shape index (κ1) is 24.3. The third kappa shape index (κ3) is 8.38. The Hall–Kier alpha value is 3.07. The van der Waals surface area contributed by atoms with E-state index in [1.165, 1.54) is 0 Å². The topological polar surface area (TPSA) is 69.2 Å². The maximum absolute atomic E-state index is 5.11. The van der Waals surface area contributed by atoms with Crippen LogP contribution >= 0.6 is 0 Å². The molecule has 0 spiro atoms. The fraction of sp³-hybridized carbons (Fsp3) is 0.429. The molecule has 1 rings (SSSR count). The van der Waals surface area contributed by atoms with Gasteiger partial charge in [-0.3, -0.25) is 0 Å². The van der Waals surface area contributed by atoms with Gasteiger partial charge in [-0.1, -0.05) is 13.5 Å². The minimum absolute atomic E-state index is 0. The minimum Gasteiger partial charge on any atom is -0.870 e. The van der Waals surface area contributed by atoms with Crippen molar-refractivity contribution in [1.82, 2.24) is 0 Å². The Morgan fingerprint density at radius 1 is 1.42 bits per heavy atom. The van der Waals surface area contributed by atoms with Gasteiger partial charge in [-0.2, -0.15) is 0 Å². The fourth-order valence-corrected chi connectivity index (χ4v) is 0.770. The molecule has 1 saturated heterocycles. The van der Waals surface area contributed by atoms with Crippen LogP contribution in [0.3, 0.4) is 0 Å². The van der Waals surface area contributed by atoms with Gasteiger partial charge in [0.2, 0.25) is 0 Å². The summed E-state index contributed by atoms with van der Waals surface area (Å²) < 4.78 is 5.11. The van der Waals surface area contributed by atoms with Crippen LogP contribution in [-0.2, 0) is 4.74 Å². The molecule has 0 amide bonds. The van der Waals surface area contributed by atoms with E-state index in [0.717, 1.165) is 5.76 Å². The molecular weight excluding hydrogens is 303 g/mol. The summed E-state index contributed by atoms with van der Waals surface area (Å²) in [5.41, 5.74) is 0. The van der Waals surface area contributed by atoms with Gasteiger partial charge in [0.15, 0.2) is 0 Å². The number of allylic oxidation sites excluding steroid dienone is 1. The molecular formula is C7H12O3Rb2-2. The van der Waals surface area contributed by atoms with Crippen molar-refractivity contribution in [2.45, 2.75) is 13.0 Å². The van der Waals surface area contributed by atoms with E-state index in [4.69, 9.17) is 4.74 Å². The quantitative estimate of drug-likeness (QED) is 0.422. The second kappa shape index (κ2) is 12.1. The summed E-state index contributed by atoms with van der Waals surface area (Å²) in [5, 5.41) is 0. The van der Waals surface area contributed by atoms with Crippen LogP contribution in [0.5, 0.6) is 0 Å². The Labute approximate surface area is 172 Å². The molecule has 0 aromatic rings. The van der Waals surface area contributed by atoms with E-state index in [1.54, 1.807) is 0 Å². The molecule has 62 valence electrons. The third-order valence-electron chi connectivity index (χ3n) is 1.31. The third-order valence-corrected chi connectivity index (χ3v) is 1.31. The molecule has 0 aromatic heterocycles. The van der Waals surface area contributed by atoms with Crippen LogP contribution in [0.1, 0.15) is 6.92 Å². The van der Waals surface area contributed by atoms with Crippen molar-refractivity contribution in [3.8, 4) is 0 Å². The molecule has 12 heavy (non-hydrogen) atoms. The van der Waals surface area contributed by atoms with Crippen molar-refractivity contribution < 1.29 is 132 Å². The Bertz CT molecular complexity index is 119. The van der Waals surface area contributed by atoms with Gasteiger partial charge in [-0.25, -0.2) is 0 Å². The Balaban J connectivity index is -0.0000000800. The average molecular weight is 315 g/mol. The van der Waals surface area contributed by atoms with Gasteiger partial charge >= 0.3 is 116 Å². The van der Waals surface area contributed by atoms with E-state index in [1.807, 2.05) is 13.3 Å². The SMILES string of the molecule is C=C1O[C@H]([CH2-])[CH-][C@H]1C.[OH-].[OH-].[Rb+].[Rb+]. The molecule has 0 saturated carbocycles. The molecule has 1 aliphatic rings. The van der Waals surface area contributed by atoms with Gasteiger partial charge in [-0.15, -0.1) is 12.0 Å². The smallest absolute Gasteiger partial charge is 0.870 e. The standard InChI is InChI=1S/C7H10O.2H2O.2Rb/c1-5-4-6(2)8-7(5)3;;;;/h4-6H,2-3H2,1H3;2*1H2;;/q-2;;;2*+1/p-2/t5-,6-;;;;/m1..../s1. The normalized spacial score (nSPS) is 25.0.